The molecule has 0 saturated heterocycles. The molecule has 0 fully saturated rings. The highest BCUT2D eigenvalue weighted by Gasteiger charge is 2.03. The van der Waals surface area contributed by atoms with E-state index in [1.54, 1.807) is 0 Å². The molecule has 0 saturated carbocycles. The van der Waals surface area contributed by atoms with E-state index in [0.717, 1.165) is 24.1 Å². The zero-order chi connectivity index (χ0) is 8.81. The number of hydrogen-bond acceptors (Lipinski definition) is 2. The van der Waals surface area contributed by atoms with Gasteiger partial charge in [-0.1, -0.05) is 30.8 Å². The zero-order valence-electron chi connectivity index (χ0n) is 7.34. The second-order valence-electron chi connectivity index (χ2n) is 2.78. The molecule has 0 aliphatic rings. The first-order valence-corrected chi connectivity index (χ1v) is 4.28. The molecular weight excluding hydrogens is 150 g/mol. The summed E-state index contributed by atoms with van der Waals surface area (Å²) in [5.74, 6) is 2.55. The Hall–Kier alpha value is -1.23. The Kier molecular flexibility index (Phi) is 3.40. The Balaban J connectivity index is 2.46. The Morgan fingerprint density at radius 1 is 1.58 bits per heavy atom. The van der Waals surface area contributed by atoms with Crippen LogP contribution in [0.1, 0.15) is 37.4 Å². The third-order valence-electron chi connectivity index (χ3n) is 1.82. The maximum atomic E-state index is 5.25. The maximum absolute atomic E-state index is 5.25. The smallest absolute Gasteiger partial charge is 0.139 e. The van der Waals surface area contributed by atoms with Crippen LogP contribution >= 0.6 is 0 Å². The Labute approximate surface area is 73.0 Å². The summed E-state index contributed by atoms with van der Waals surface area (Å²) >= 11 is 0. The zero-order valence-corrected chi connectivity index (χ0v) is 7.34. The molecule has 1 rings (SSSR count). The van der Waals surface area contributed by atoms with E-state index < -0.39 is 0 Å². The third-order valence-corrected chi connectivity index (χ3v) is 1.82. The molecule has 2 nitrogen and oxygen atoms in total. The van der Waals surface area contributed by atoms with Crippen molar-refractivity contribution in [3.05, 3.63) is 17.5 Å². The predicted octanol–water partition coefficient (Wildman–Crippen LogP) is 2.39. The topological polar surface area (TPSA) is 26.0 Å². The molecule has 0 unspecified atom stereocenters. The van der Waals surface area contributed by atoms with Gasteiger partial charge in [0.2, 0.25) is 0 Å². The van der Waals surface area contributed by atoms with Crippen LogP contribution in [0, 0.1) is 12.3 Å². The van der Waals surface area contributed by atoms with Gasteiger partial charge in [-0.3, -0.25) is 0 Å². The van der Waals surface area contributed by atoms with E-state index in [9.17, 15) is 0 Å². The van der Waals surface area contributed by atoms with Gasteiger partial charge in [0.1, 0.15) is 6.26 Å². The van der Waals surface area contributed by atoms with E-state index in [0.29, 0.717) is 0 Å². The van der Waals surface area contributed by atoms with Crippen LogP contribution in [-0.2, 0) is 6.42 Å². The molecule has 1 heterocycles. The van der Waals surface area contributed by atoms with Gasteiger partial charge >= 0.3 is 0 Å². The molecule has 1 aromatic heterocycles. The van der Waals surface area contributed by atoms with Crippen LogP contribution < -0.4 is 0 Å². The minimum atomic E-state index is 0.797. The van der Waals surface area contributed by atoms with Gasteiger partial charge < -0.3 is 4.52 Å². The normalized spacial score (nSPS) is 9.67. The molecule has 0 radical (unpaired) electrons. The molecule has 1 aromatic rings. The number of rotatable bonds is 4. The van der Waals surface area contributed by atoms with Gasteiger partial charge in [-0.05, 0) is 12.8 Å². The summed E-state index contributed by atoms with van der Waals surface area (Å²) in [4.78, 5) is 0. The number of unbranched alkanes of at least 4 members (excludes halogenated alkanes) is 2. The minimum absolute atomic E-state index is 0.797. The molecular formula is C10H13NO. The van der Waals surface area contributed by atoms with Crippen molar-refractivity contribution in [1.82, 2.24) is 5.16 Å². The van der Waals surface area contributed by atoms with Crippen molar-refractivity contribution in [2.45, 2.75) is 32.6 Å². The number of terminal acetylenes is 1. The van der Waals surface area contributed by atoms with Crippen molar-refractivity contribution in [3.63, 3.8) is 0 Å². The summed E-state index contributed by atoms with van der Waals surface area (Å²) in [6.07, 6.45) is 11.3. The van der Waals surface area contributed by atoms with Crippen molar-refractivity contribution in [1.29, 1.82) is 0 Å². The monoisotopic (exact) mass is 163 g/mol. The number of hydrogen-bond donors (Lipinski definition) is 0. The van der Waals surface area contributed by atoms with Crippen LogP contribution in [0.5, 0.6) is 0 Å². The van der Waals surface area contributed by atoms with Crippen LogP contribution in [0.4, 0.5) is 0 Å². The van der Waals surface area contributed by atoms with E-state index in [4.69, 9.17) is 10.9 Å². The minimum Gasteiger partial charge on any atom is -0.363 e. The lowest BCUT2D eigenvalue weighted by molar-refractivity contribution is 0.410. The molecule has 0 atom stereocenters. The van der Waals surface area contributed by atoms with Gasteiger partial charge in [0, 0.05) is 0 Å². The predicted molar refractivity (Wildman–Crippen MR) is 47.7 cm³/mol. The van der Waals surface area contributed by atoms with Crippen LogP contribution in [0.25, 0.3) is 0 Å². The number of nitrogens with zero attached hydrogens (tertiary/aromatic N) is 1. The van der Waals surface area contributed by atoms with E-state index >= 15 is 0 Å². The lowest BCUT2D eigenvalue weighted by Gasteiger charge is -1.94. The quantitative estimate of drug-likeness (QED) is 0.503. The summed E-state index contributed by atoms with van der Waals surface area (Å²) in [6, 6.07) is 0. The van der Waals surface area contributed by atoms with E-state index in [1.807, 2.05) is 0 Å². The fourth-order valence-electron chi connectivity index (χ4n) is 1.10. The highest BCUT2D eigenvalue weighted by Crippen LogP contribution is 2.09. The van der Waals surface area contributed by atoms with E-state index in [1.165, 1.54) is 19.1 Å². The fraction of sp³-hybridized carbons (Fsp3) is 0.500. The molecule has 0 spiro atoms. The molecule has 2 heteroatoms. The van der Waals surface area contributed by atoms with Crippen molar-refractivity contribution in [2.24, 2.45) is 0 Å². The summed E-state index contributed by atoms with van der Waals surface area (Å²) in [5, 5.41) is 3.84. The Morgan fingerprint density at radius 2 is 2.42 bits per heavy atom. The van der Waals surface area contributed by atoms with Gasteiger partial charge in [0.05, 0.1) is 11.3 Å². The van der Waals surface area contributed by atoms with Crippen molar-refractivity contribution in [3.8, 4) is 12.3 Å². The van der Waals surface area contributed by atoms with Gasteiger partial charge in [-0.2, -0.15) is 0 Å². The second-order valence-corrected chi connectivity index (χ2v) is 2.78. The summed E-state index contributed by atoms with van der Waals surface area (Å²) in [7, 11) is 0. The molecule has 0 aliphatic heterocycles. The van der Waals surface area contributed by atoms with Gasteiger partial charge in [0.25, 0.3) is 0 Å². The maximum Gasteiger partial charge on any atom is 0.139 e. The molecule has 0 N–H and O–H groups in total. The molecule has 0 amide bonds. The van der Waals surface area contributed by atoms with Gasteiger partial charge in [-0.15, -0.1) is 6.42 Å². The first kappa shape index (κ1) is 8.86. The summed E-state index contributed by atoms with van der Waals surface area (Å²) in [5.41, 5.74) is 1.72. The van der Waals surface area contributed by atoms with Crippen molar-refractivity contribution in [2.75, 3.05) is 0 Å². The Morgan fingerprint density at radius 3 is 3.08 bits per heavy atom. The lowest BCUT2D eigenvalue weighted by atomic mass is 10.1. The van der Waals surface area contributed by atoms with Gasteiger partial charge in [-0.25, -0.2) is 0 Å². The lowest BCUT2D eigenvalue weighted by Crippen LogP contribution is -1.88. The first-order chi connectivity index (χ1) is 5.88. The largest absolute Gasteiger partial charge is 0.363 e. The van der Waals surface area contributed by atoms with E-state index in [2.05, 4.69) is 18.0 Å². The van der Waals surface area contributed by atoms with Crippen LogP contribution in [0.2, 0.25) is 0 Å². The fourth-order valence-corrected chi connectivity index (χ4v) is 1.10. The van der Waals surface area contributed by atoms with Crippen LogP contribution in [0.15, 0.2) is 10.8 Å². The third kappa shape index (κ3) is 2.13. The molecule has 0 aliphatic carbocycles. The van der Waals surface area contributed by atoms with E-state index in [-0.39, 0.29) is 0 Å². The second kappa shape index (κ2) is 4.61. The highest BCUT2D eigenvalue weighted by molar-refractivity contribution is 5.32. The van der Waals surface area contributed by atoms with Crippen molar-refractivity contribution >= 4 is 0 Å². The number of aryl methyl sites for hydroxylation is 1. The van der Waals surface area contributed by atoms with Crippen LogP contribution in [0.3, 0.4) is 0 Å². The van der Waals surface area contributed by atoms with Crippen molar-refractivity contribution < 1.29 is 4.52 Å². The molecule has 0 bridgehead atoms. The number of aromatic nitrogens is 1. The molecule has 0 aromatic carbocycles. The highest BCUT2D eigenvalue weighted by atomic mass is 16.5. The SMILES string of the molecule is C#Cc1conc1CCCCC. The Bertz CT molecular complexity index is 270. The van der Waals surface area contributed by atoms with Crippen LogP contribution in [-0.4, -0.2) is 5.16 Å². The molecule has 12 heavy (non-hydrogen) atoms. The standard InChI is InChI=1S/C10H13NO/c1-3-5-6-7-10-9(4-2)8-12-11-10/h2,8H,3,5-7H2,1H3. The average Bonchev–Trinajstić information content (AvgIpc) is 2.52. The summed E-state index contributed by atoms with van der Waals surface area (Å²) in [6.45, 7) is 2.17. The van der Waals surface area contributed by atoms with Gasteiger partial charge in [0.15, 0.2) is 0 Å². The first-order valence-electron chi connectivity index (χ1n) is 4.28. The summed E-state index contributed by atoms with van der Waals surface area (Å²) < 4.78 is 4.77. The molecule has 64 valence electrons. The average molecular weight is 163 g/mol.